The van der Waals surface area contributed by atoms with E-state index in [0.29, 0.717) is 0 Å². The van der Waals surface area contributed by atoms with Gasteiger partial charge in [-0.1, -0.05) is 0 Å². The SMILES string of the molecule is C[P+]1(c2ccccc2)C/C=C\C=C/[I-]c2ccccc2[P+](C)(c2ccccc2)N1[I-]CP(c1ccccc1)c1ccccc1. The van der Waals surface area contributed by atoms with Crippen molar-refractivity contribution in [2.45, 2.75) is 0 Å². The molecule has 6 rings (SSSR count). The molecule has 0 amide bonds. The van der Waals surface area contributed by atoms with Gasteiger partial charge in [0.1, 0.15) is 0 Å². The van der Waals surface area contributed by atoms with Crippen LogP contribution in [-0.4, -0.2) is 26.3 Å². The van der Waals surface area contributed by atoms with Gasteiger partial charge in [-0.25, -0.2) is 0 Å². The summed E-state index contributed by atoms with van der Waals surface area (Å²) >= 11 is -0.634. The van der Waals surface area contributed by atoms with Crippen LogP contribution in [0.2, 0.25) is 0 Å². The molecule has 0 spiro atoms. The molecule has 2 unspecified atom stereocenters. The van der Waals surface area contributed by atoms with Crippen molar-refractivity contribution in [1.29, 1.82) is 0 Å². The Bertz CT molecular complexity index is 1660. The zero-order valence-corrected chi connectivity index (χ0v) is 32.1. The molecule has 0 N–H and O–H groups in total. The van der Waals surface area contributed by atoms with Gasteiger partial charge in [-0.3, -0.25) is 0 Å². The summed E-state index contributed by atoms with van der Waals surface area (Å²) in [6.07, 6.45) is 8.19. The number of benzene rings is 5. The third kappa shape index (κ3) is 7.00. The summed E-state index contributed by atoms with van der Waals surface area (Å²) in [4.78, 5) is 0. The molecule has 224 valence electrons. The van der Waals surface area contributed by atoms with Gasteiger partial charge in [0.15, 0.2) is 0 Å². The topological polar surface area (TPSA) is 3.24 Å². The number of fused-ring (bicyclic) bond motifs is 1. The summed E-state index contributed by atoms with van der Waals surface area (Å²) in [6.45, 7) is 5.30. The third-order valence-corrected chi connectivity index (χ3v) is 32.0. The van der Waals surface area contributed by atoms with Crippen LogP contribution in [0.1, 0.15) is 0 Å². The average Bonchev–Trinajstić information content (AvgIpc) is 3.11. The molecular weight excluding hydrogens is 817 g/mol. The summed E-state index contributed by atoms with van der Waals surface area (Å²) in [5.74, 6) is 0. The van der Waals surface area contributed by atoms with E-state index in [1.165, 1.54) is 25.4 Å². The van der Waals surface area contributed by atoms with Crippen LogP contribution in [0.15, 0.2) is 168 Å². The molecule has 1 heterocycles. The number of alkyl halides is 1. The van der Waals surface area contributed by atoms with E-state index < -0.39 is 22.7 Å². The van der Waals surface area contributed by atoms with Gasteiger partial charge in [-0.15, -0.1) is 0 Å². The van der Waals surface area contributed by atoms with Gasteiger partial charge in [0.05, 0.1) is 0 Å². The van der Waals surface area contributed by atoms with Crippen LogP contribution in [0.4, 0.5) is 0 Å². The normalized spacial score (nSPS) is 22.3. The van der Waals surface area contributed by atoms with E-state index in [1.807, 2.05) is 0 Å². The zero-order chi connectivity index (χ0) is 30.2. The molecule has 0 saturated heterocycles. The van der Waals surface area contributed by atoms with E-state index >= 15 is 0 Å². The maximum absolute atomic E-state index is 3.20. The van der Waals surface area contributed by atoms with Gasteiger partial charge in [0, 0.05) is 0 Å². The van der Waals surface area contributed by atoms with E-state index in [2.05, 4.69) is 184 Å². The summed E-state index contributed by atoms with van der Waals surface area (Å²) in [5, 5.41) is 7.60. The van der Waals surface area contributed by atoms with Crippen molar-refractivity contribution in [2.24, 2.45) is 0 Å². The summed E-state index contributed by atoms with van der Waals surface area (Å²) in [6, 6.07) is 55.2. The Morgan fingerprint density at radius 2 is 1.16 bits per heavy atom. The van der Waals surface area contributed by atoms with Crippen molar-refractivity contribution in [2.75, 3.05) is 23.7 Å². The van der Waals surface area contributed by atoms with Crippen molar-refractivity contribution in [3.05, 3.63) is 171 Å². The van der Waals surface area contributed by atoms with Crippen LogP contribution in [0, 0.1) is 3.57 Å². The zero-order valence-electron chi connectivity index (χ0n) is 25.1. The van der Waals surface area contributed by atoms with Gasteiger partial charge in [0.2, 0.25) is 0 Å². The minimum atomic E-state index is -1.98. The Morgan fingerprint density at radius 3 is 1.77 bits per heavy atom. The fourth-order valence-electron chi connectivity index (χ4n) is 5.67. The first-order valence-electron chi connectivity index (χ1n) is 14.8. The van der Waals surface area contributed by atoms with E-state index in [4.69, 9.17) is 0 Å². The van der Waals surface area contributed by atoms with Crippen LogP contribution in [-0.2, 0) is 0 Å². The summed E-state index contributed by atoms with van der Waals surface area (Å²) in [7, 11) is -4.27. The van der Waals surface area contributed by atoms with E-state index in [9.17, 15) is 0 Å². The van der Waals surface area contributed by atoms with Gasteiger partial charge < -0.3 is 0 Å². The van der Waals surface area contributed by atoms with Gasteiger partial charge >= 0.3 is 290 Å². The fourth-order valence-corrected chi connectivity index (χ4v) is 32.5. The Labute approximate surface area is 287 Å². The molecule has 5 aromatic carbocycles. The van der Waals surface area contributed by atoms with Crippen molar-refractivity contribution in [3.8, 4) is 0 Å². The standard InChI is InChI=1S/C38H38I2NP3/c1-43(35-24-12-5-13-25-35)31-19-7-18-30-39-37-28-16-17-29-38(37)44(2,36-26-14-6-15-27-36)41(43)40-32-42(33-20-8-3-9-21-33)34-22-10-4-11-23-34/h3-30H,31-32H2,1-2H3/b19-7-,30-18-. The maximum atomic E-state index is 3.20. The van der Waals surface area contributed by atoms with E-state index in [0.717, 1.165) is 6.16 Å². The molecule has 0 fully saturated rings. The molecule has 44 heavy (non-hydrogen) atoms. The second kappa shape index (κ2) is 15.3. The number of hydrogen-bond acceptors (Lipinski definition) is 1. The molecule has 5 aromatic rings. The molecule has 6 heteroatoms. The van der Waals surface area contributed by atoms with Crippen LogP contribution in [0.3, 0.4) is 0 Å². The predicted molar refractivity (Wildman–Crippen MR) is 192 cm³/mol. The van der Waals surface area contributed by atoms with Crippen LogP contribution in [0.5, 0.6) is 0 Å². The second-order valence-corrected chi connectivity index (χ2v) is 27.9. The van der Waals surface area contributed by atoms with E-state index in [-0.39, 0.29) is 42.7 Å². The van der Waals surface area contributed by atoms with Crippen LogP contribution < -0.4 is 69.2 Å². The van der Waals surface area contributed by atoms with Gasteiger partial charge in [0.25, 0.3) is 0 Å². The molecule has 0 aliphatic carbocycles. The Hall–Kier alpha value is -1.71. The monoisotopic (exact) mass is 855 g/mol. The number of rotatable bonds is 7. The molecule has 0 aromatic heterocycles. The van der Waals surface area contributed by atoms with E-state index in [1.54, 1.807) is 8.87 Å². The Morgan fingerprint density at radius 1 is 0.636 bits per heavy atom. The first-order chi connectivity index (χ1) is 21.6. The Kier molecular flexibility index (Phi) is 11.2. The fraction of sp³-hybridized carbons (Fsp3) is 0.105. The molecule has 2 atom stereocenters. The van der Waals surface area contributed by atoms with Crippen molar-refractivity contribution in [3.63, 3.8) is 0 Å². The Balaban J connectivity index is 1.58. The van der Waals surface area contributed by atoms with Gasteiger partial charge in [-0.2, -0.15) is 0 Å². The van der Waals surface area contributed by atoms with Crippen molar-refractivity contribution >= 4 is 49.3 Å². The summed E-state index contributed by atoms with van der Waals surface area (Å²) < 4.78 is 8.45. The van der Waals surface area contributed by atoms with Crippen molar-refractivity contribution < 1.29 is 42.7 Å². The number of hydrogen-bond donors (Lipinski definition) is 0. The van der Waals surface area contributed by atoms with Gasteiger partial charge in [-0.05, 0) is 0 Å². The molecule has 1 aliphatic rings. The molecule has 1 nitrogen and oxygen atoms in total. The third-order valence-electron chi connectivity index (χ3n) is 7.96. The van der Waals surface area contributed by atoms with Crippen LogP contribution in [0.25, 0.3) is 0 Å². The molecular formula is C38H38I2NP3. The quantitative estimate of drug-likeness (QED) is 0.105. The molecule has 0 radical (unpaired) electrons. The van der Waals surface area contributed by atoms with Crippen LogP contribution >= 0.6 is 22.7 Å². The predicted octanol–water partition coefficient (Wildman–Crippen LogP) is 1.83. The average molecular weight is 855 g/mol. The number of halogens is 2. The minimum absolute atomic E-state index is 0.248. The number of nitrogens with zero attached hydrogens (tertiary/aromatic N) is 1. The molecule has 0 bridgehead atoms. The molecule has 0 saturated carbocycles. The number of allylic oxidation sites excluding steroid dienone is 3. The first-order valence-corrected chi connectivity index (χ1v) is 25.7. The van der Waals surface area contributed by atoms with Crippen molar-refractivity contribution in [1.82, 2.24) is 2.65 Å². The first kappa shape index (κ1) is 32.2. The summed E-state index contributed by atoms with van der Waals surface area (Å²) in [5.41, 5.74) is 0. The molecule has 1 aliphatic heterocycles. The second-order valence-electron chi connectivity index (χ2n) is 10.8.